The number of rotatable bonds is 3. The number of anilines is 2. The number of amides is 1. The average Bonchev–Trinajstić information content (AvgIpc) is 2.63. The molecule has 132 valence electrons. The fourth-order valence-corrected chi connectivity index (χ4v) is 3.00. The molecule has 0 unspecified atom stereocenters. The van der Waals surface area contributed by atoms with Crippen LogP contribution in [0.1, 0.15) is 21.5 Å². The van der Waals surface area contributed by atoms with Crippen LogP contribution in [0.2, 0.25) is 0 Å². The highest BCUT2D eigenvalue weighted by Gasteiger charge is 2.24. The Morgan fingerprint density at radius 3 is 2.32 bits per heavy atom. The van der Waals surface area contributed by atoms with Gasteiger partial charge in [-0.3, -0.25) is 4.79 Å². The third-order valence-electron chi connectivity index (χ3n) is 4.61. The minimum absolute atomic E-state index is 0.120. The molecule has 1 aliphatic rings. The van der Waals surface area contributed by atoms with Crippen molar-refractivity contribution in [1.82, 2.24) is 15.1 Å². The minimum Gasteiger partial charge on any atom is -0.361 e. The van der Waals surface area contributed by atoms with E-state index in [2.05, 4.69) is 15.1 Å². The van der Waals surface area contributed by atoms with E-state index in [0.717, 1.165) is 41.4 Å². The summed E-state index contributed by atoms with van der Waals surface area (Å²) in [5.74, 6) is 1.83. The number of hydrogen-bond acceptors (Lipinski definition) is 5. The Kier molecular flexibility index (Phi) is 4.88. The molecule has 0 radical (unpaired) electrons. The van der Waals surface area contributed by atoms with Crippen molar-refractivity contribution in [2.24, 2.45) is 0 Å². The van der Waals surface area contributed by atoms with Crippen LogP contribution in [-0.4, -0.2) is 61.3 Å². The molecule has 1 fully saturated rings. The third kappa shape index (κ3) is 3.73. The van der Waals surface area contributed by atoms with E-state index in [4.69, 9.17) is 0 Å². The lowest BCUT2D eigenvalue weighted by molar-refractivity contribution is 0.0745. The Hall–Kier alpha value is -2.63. The molecule has 1 aromatic heterocycles. The number of hydrogen-bond donors (Lipinski definition) is 0. The van der Waals surface area contributed by atoms with Gasteiger partial charge in [0.15, 0.2) is 11.6 Å². The van der Waals surface area contributed by atoms with Crippen LogP contribution in [-0.2, 0) is 0 Å². The second kappa shape index (κ2) is 7.09. The van der Waals surface area contributed by atoms with Gasteiger partial charge in [0.1, 0.15) is 0 Å². The second-order valence-electron chi connectivity index (χ2n) is 6.74. The molecule has 1 saturated heterocycles. The molecule has 0 spiro atoms. The van der Waals surface area contributed by atoms with E-state index in [9.17, 15) is 4.79 Å². The van der Waals surface area contributed by atoms with Gasteiger partial charge in [-0.1, -0.05) is 17.7 Å². The highest BCUT2D eigenvalue weighted by molar-refractivity contribution is 5.96. The molecule has 2 aromatic rings. The van der Waals surface area contributed by atoms with Gasteiger partial charge in [-0.2, -0.15) is 0 Å². The highest BCUT2D eigenvalue weighted by Crippen LogP contribution is 2.18. The van der Waals surface area contributed by atoms with E-state index in [0.29, 0.717) is 13.1 Å². The molecular weight excluding hydrogens is 314 g/mol. The fourth-order valence-electron chi connectivity index (χ4n) is 3.00. The predicted molar refractivity (Wildman–Crippen MR) is 100 cm³/mol. The largest absolute Gasteiger partial charge is 0.361 e. The van der Waals surface area contributed by atoms with Crippen LogP contribution >= 0.6 is 0 Å². The van der Waals surface area contributed by atoms with Crippen LogP contribution in [0.4, 0.5) is 11.6 Å². The molecule has 0 aliphatic carbocycles. The number of nitrogens with zero attached hydrogens (tertiary/aromatic N) is 5. The molecule has 25 heavy (non-hydrogen) atoms. The van der Waals surface area contributed by atoms with E-state index >= 15 is 0 Å². The number of piperazine rings is 1. The molecule has 2 heterocycles. The van der Waals surface area contributed by atoms with E-state index in [1.165, 1.54) is 0 Å². The van der Waals surface area contributed by atoms with E-state index in [1.54, 1.807) is 0 Å². The quantitative estimate of drug-likeness (QED) is 0.857. The van der Waals surface area contributed by atoms with Gasteiger partial charge < -0.3 is 14.7 Å². The first-order valence-electron chi connectivity index (χ1n) is 8.58. The van der Waals surface area contributed by atoms with Gasteiger partial charge in [-0.25, -0.2) is 0 Å². The molecule has 3 rings (SSSR count). The molecule has 1 amide bonds. The van der Waals surface area contributed by atoms with Crippen molar-refractivity contribution in [2.75, 3.05) is 50.1 Å². The fraction of sp³-hybridized carbons (Fsp3) is 0.421. The first kappa shape index (κ1) is 17.2. The van der Waals surface area contributed by atoms with Crippen molar-refractivity contribution in [1.29, 1.82) is 0 Å². The van der Waals surface area contributed by atoms with Crippen LogP contribution in [0, 0.1) is 13.8 Å². The van der Waals surface area contributed by atoms with Crippen molar-refractivity contribution >= 4 is 17.5 Å². The zero-order valence-corrected chi connectivity index (χ0v) is 15.4. The first-order valence-corrected chi connectivity index (χ1v) is 8.58. The molecule has 0 atom stereocenters. The molecule has 6 heteroatoms. The lowest BCUT2D eigenvalue weighted by Gasteiger charge is -2.35. The van der Waals surface area contributed by atoms with Gasteiger partial charge in [0.25, 0.3) is 5.91 Å². The molecule has 6 nitrogen and oxygen atoms in total. The van der Waals surface area contributed by atoms with Gasteiger partial charge in [0, 0.05) is 45.8 Å². The summed E-state index contributed by atoms with van der Waals surface area (Å²) < 4.78 is 0. The Morgan fingerprint density at radius 1 is 1.00 bits per heavy atom. The third-order valence-corrected chi connectivity index (χ3v) is 4.61. The van der Waals surface area contributed by atoms with Crippen LogP contribution in [0.15, 0.2) is 30.3 Å². The topological polar surface area (TPSA) is 52.6 Å². The van der Waals surface area contributed by atoms with E-state index < -0.39 is 0 Å². The Labute approximate surface area is 149 Å². The highest BCUT2D eigenvalue weighted by atomic mass is 16.2. The van der Waals surface area contributed by atoms with E-state index in [-0.39, 0.29) is 5.91 Å². The van der Waals surface area contributed by atoms with Gasteiger partial charge in [-0.05, 0) is 37.6 Å². The monoisotopic (exact) mass is 339 g/mol. The van der Waals surface area contributed by atoms with E-state index in [1.807, 2.05) is 68.1 Å². The Morgan fingerprint density at radius 2 is 1.72 bits per heavy atom. The van der Waals surface area contributed by atoms with Gasteiger partial charge in [0.2, 0.25) is 0 Å². The van der Waals surface area contributed by atoms with Crippen molar-refractivity contribution in [2.45, 2.75) is 13.8 Å². The SMILES string of the molecule is Cc1ccc(C)c(C(=O)N2CCN(c3ccc(N(C)C)nn3)CC2)c1. The second-order valence-corrected chi connectivity index (χ2v) is 6.74. The van der Waals surface area contributed by atoms with Crippen molar-refractivity contribution in [3.05, 3.63) is 47.0 Å². The Balaban J connectivity index is 1.65. The number of carbonyl (C=O) groups excluding carboxylic acids is 1. The summed E-state index contributed by atoms with van der Waals surface area (Å²) in [6.07, 6.45) is 0. The van der Waals surface area contributed by atoms with Crippen LogP contribution in [0.3, 0.4) is 0 Å². The van der Waals surface area contributed by atoms with Crippen LogP contribution < -0.4 is 9.80 Å². The molecule has 1 aromatic carbocycles. The maximum absolute atomic E-state index is 12.8. The lowest BCUT2D eigenvalue weighted by Crippen LogP contribution is -2.49. The summed E-state index contributed by atoms with van der Waals surface area (Å²) in [4.78, 5) is 18.8. The van der Waals surface area contributed by atoms with Crippen LogP contribution in [0.5, 0.6) is 0 Å². The number of benzene rings is 1. The average molecular weight is 339 g/mol. The zero-order valence-electron chi connectivity index (χ0n) is 15.4. The summed E-state index contributed by atoms with van der Waals surface area (Å²) in [5.41, 5.74) is 2.95. The summed E-state index contributed by atoms with van der Waals surface area (Å²) in [5, 5.41) is 8.54. The summed E-state index contributed by atoms with van der Waals surface area (Å²) in [6.45, 7) is 6.95. The molecule has 1 aliphatic heterocycles. The predicted octanol–water partition coefficient (Wildman–Crippen LogP) is 2.12. The number of aryl methyl sites for hydroxylation is 2. The number of carbonyl (C=O) groups is 1. The zero-order chi connectivity index (χ0) is 18.0. The van der Waals surface area contributed by atoms with Gasteiger partial charge >= 0.3 is 0 Å². The van der Waals surface area contributed by atoms with Crippen molar-refractivity contribution in [3.8, 4) is 0 Å². The standard InChI is InChI=1S/C19H25N5O/c1-14-5-6-15(2)16(13-14)19(25)24-11-9-23(10-12-24)18-8-7-17(20-21-18)22(3)4/h5-8,13H,9-12H2,1-4H3. The number of aromatic nitrogens is 2. The van der Waals surface area contributed by atoms with Crippen molar-refractivity contribution < 1.29 is 4.79 Å². The Bertz CT molecular complexity index is 749. The summed E-state index contributed by atoms with van der Waals surface area (Å²) in [6, 6.07) is 10.00. The molecular formula is C19H25N5O. The normalized spacial score (nSPS) is 14.6. The van der Waals surface area contributed by atoms with Gasteiger partial charge in [0.05, 0.1) is 0 Å². The minimum atomic E-state index is 0.120. The smallest absolute Gasteiger partial charge is 0.254 e. The van der Waals surface area contributed by atoms with Crippen LogP contribution in [0.25, 0.3) is 0 Å². The maximum Gasteiger partial charge on any atom is 0.254 e. The van der Waals surface area contributed by atoms with Crippen molar-refractivity contribution in [3.63, 3.8) is 0 Å². The molecule has 0 N–H and O–H groups in total. The van der Waals surface area contributed by atoms with Gasteiger partial charge in [-0.15, -0.1) is 10.2 Å². The summed E-state index contributed by atoms with van der Waals surface area (Å²) in [7, 11) is 3.89. The lowest BCUT2D eigenvalue weighted by atomic mass is 10.0. The maximum atomic E-state index is 12.8. The molecule has 0 bridgehead atoms. The molecule has 0 saturated carbocycles. The first-order chi connectivity index (χ1) is 12.0. The summed E-state index contributed by atoms with van der Waals surface area (Å²) >= 11 is 0.